The maximum absolute atomic E-state index is 13.1. The lowest BCUT2D eigenvalue weighted by molar-refractivity contribution is -0.114. The number of aromatic nitrogens is 2. The molecule has 0 saturated heterocycles. The van der Waals surface area contributed by atoms with Crippen LogP contribution in [0.2, 0.25) is 0 Å². The topological polar surface area (TPSA) is 119 Å². The summed E-state index contributed by atoms with van der Waals surface area (Å²) in [4.78, 5) is 48.8. The van der Waals surface area contributed by atoms with Crippen molar-refractivity contribution in [3.63, 3.8) is 0 Å². The summed E-state index contributed by atoms with van der Waals surface area (Å²) in [6.45, 7) is 2.71. The Morgan fingerprint density at radius 2 is 1.89 bits per heavy atom. The van der Waals surface area contributed by atoms with Crippen LogP contribution in [0, 0.1) is 0 Å². The fourth-order valence-electron chi connectivity index (χ4n) is 3.39. The number of anilines is 3. The second kappa shape index (κ2) is 6.35. The normalized spacial score (nSPS) is 16.1. The predicted molar refractivity (Wildman–Crippen MR) is 97.0 cm³/mol. The summed E-state index contributed by atoms with van der Waals surface area (Å²) in [5, 5.41) is 0. The van der Waals surface area contributed by atoms with E-state index in [4.69, 9.17) is 10.5 Å². The number of hydrogen-bond donors (Lipinski definition) is 1. The number of hydrogen-bond acceptors (Lipinski definition) is 7. The lowest BCUT2D eigenvalue weighted by Crippen LogP contribution is -2.34. The van der Waals surface area contributed by atoms with E-state index in [1.165, 1.54) is 16.1 Å². The van der Waals surface area contributed by atoms with Crippen LogP contribution in [-0.4, -0.2) is 47.3 Å². The number of Topliss-reactive ketones (excluding diaryl/α,β-unsaturated/α-hetero) is 1. The van der Waals surface area contributed by atoms with E-state index in [1.807, 2.05) is 6.92 Å². The van der Waals surface area contributed by atoms with E-state index < -0.39 is 17.6 Å². The minimum Gasteiger partial charge on any atom is -0.475 e. The molecule has 3 heterocycles. The summed E-state index contributed by atoms with van der Waals surface area (Å²) in [7, 11) is 0. The van der Waals surface area contributed by atoms with Crippen molar-refractivity contribution in [2.75, 3.05) is 35.2 Å². The summed E-state index contributed by atoms with van der Waals surface area (Å²) in [6.07, 6.45) is 1.93. The minimum atomic E-state index is -0.621. The van der Waals surface area contributed by atoms with E-state index in [0.29, 0.717) is 24.3 Å². The quantitative estimate of drug-likeness (QED) is 0.805. The van der Waals surface area contributed by atoms with Crippen LogP contribution in [-0.2, 0) is 4.79 Å². The summed E-state index contributed by atoms with van der Waals surface area (Å²) >= 11 is 0. The first-order valence-corrected chi connectivity index (χ1v) is 8.59. The van der Waals surface area contributed by atoms with E-state index in [9.17, 15) is 14.4 Å². The van der Waals surface area contributed by atoms with Crippen LogP contribution in [0.1, 0.15) is 34.1 Å². The second-order valence-corrected chi connectivity index (χ2v) is 6.20. The second-order valence-electron chi connectivity index (χ2n) is 6.20. The Balaban J connectivity index is 1.84. The van der Waals surface area contributed by atoms with Crippen molar-refractivity contribution >= 4 is 34.8 Å². The Morgan fingerprint density at radius 1 is 1.11 bits per heavy atom. The zero-order valence-corrected chi connectivity index (χ0v) is 14.6. The molecule has 2 aliphatic heterocycles. The SMILES string of the molecule is CCCN1C(=O)C(=O)c2c1cccc2N1CCOc2ncnc(N)c2C1=O. The first kappa shape index (κ1) is 17.0. The molecule has 1 aromatic heterocycles. The van der Waals surface area contributed by atoms with E-state index in [0.717, 1.165) is 0 Å². The van der Waals surface area contributed by atoms with Crippen molar-refractivity contribution in [1.29, 1.82) is 0 Å². The molecule has 9 heteroatoms. The molecule has 0 fully saturated rings. The van der Waals surface area contributed by atoms with Crippen molar-refractivity contribution in [3.05, 3.63) is 35.7 Å². The number of nitrogens with two attached hydrogens (primary N) is 1. The maximum Gasteiger partial charge on any atom is 0.299 e. The highest BCUT2D eigenvalue weighted by atomic mass is 16.5. The van der Waals surface area contributed by atoms with Gasteiger partial charge in [-0.3, -0.25) is 14.4 Å². The molecule has 2 amide bonds. The number of nitrogens with zero attached hydrogens (tertiary/aromatic N) is 4. The highest BCUT2D eigenvalue weighted by molar-refractivity contribution is 6.53. The zero-order chi connectivity index (χ0) is 19.1. The first-order valence-electron chi connectivity index (χ1n) is 8.59. The van der Waals surface area contributed by atoms with E-state index in [2.05, 4.69) is 9.97 Å². The number of amides is 2. The Kier molecular flexibility index (Phi) is 3.98. The highest BCUT2D eigenvalue weighted by Gasteiger charge is 2.40. The number of rotatable bonds is 3. The molecule has 2 N–H and O–H groups in total. The number of ether oxygens (including phenoxy) is 1. The summed E-state index contributed by atoms with van der Waals surface area (Å²) in [6, 6.07) is 5.07. The Labute approximate surface area is 154 Å². The van der Waals surface area contributed by atoms with E-state index >= 15 is 0 Å². The average molecular weight is 367 g/mol. The van der Waals surface area contributed by atoms with Gasteiger partial charge in [0.2, 0.25) is 5.88 Å². The van der Waals surface area contributed by atoms with Crippen LogP contribution in [0.5, 0.6) is 5.88 Å². The number of nitrogen functional groups attached to an aromatic ring is 1. The Bertz CT molecular complexity index is 974. The molecule has 1 aromatic carbocycles. The van der Waals surface area contributed by atoms with Gasteiger partial charge in [-0.15, -0.1) is 0 Å². The monoisotopic (exact) mass is 367 g/mol. The fraction of sp³-hybridized carbons (Fsp3) is 0.278. The third-order valence-corrected chi connectivity index (χ3v) is 4.57. The van der Waals surface area contributed by atoms with Gasteiger partial charge >= 0.3 is 0 Å². The lowest BCUT2D eigenvalue weighted by atomic mass is 10.1. The van der Waals surface area contributed by atoms with Crippen LogP contribution < -0.4 is 20.3 Å². The molecule has 0 atom stereocenters. The Morgan fingerprint density at radius 3 is 2.67 bits per heavy atom. The van der Waals surface area contributed by atoms with Gasteiger partial charge in [0, 0.05) is 6.54 Å². The van der Waals surface area contributed by atoms with Crippen LogP contribution in [0.4, 0.5) is 17.2 Å². The molecular formula is C18H17N5O4. The largest absolute Gasteiger partial charge is 0.475 e. The van der Waals surface area contributed by atoms with E-state index in [-0.39, 0.29) is 36.0 Å². The number of benzene rings is 1. The van der Waals surface area contributed by atoms with Crippen molar-refractivity contribution < 1.29 is 19.1 Å². The van der Waals surface area contributed by atoms with Gasteiger partial charge < -0.3 is 20.3 Å². The smallest absolute Gasteiger partial charge is 0.299 e. The predicted octanol–water partition coefficient (Wildman–Crippen LogP) is 1.04. The third kappa shape index (κ3) is 2.50. The summed E-state index contributed by atoms with van der Waals surface area (Å²) in [5.41, 5.74) is 7.00. The summed E-state index contributed by atoms with van der Waals surface area (Å²) in [5.74, 6) is -1.56. The lowest BCUT2D eigenvalue weighted by Gasteiger charge is -2.23. The minimum absolute atomic E-state index is 0.000473. The maximum atomic E-state index is 13.1. The van der Waals surface area contributed by atoms with Crippen molar-refractivity contribution in [1.82, 2.24) is 9.97 Å². The fourth-order valence-corrected chi connectivity index (χ4v) is 3.39. The van der Waals surface area contributed by atoms with Gasteiger partial charge in [-0.2, -0.15) is 0 Å². The molecule has 2 aliphatic rings. The molecule has 0 spiro atoms. The van der Waals surface area contributed by atoms with Crippen LogP contribution in [0.25, 0.3) is 0 Å². The van der Waals surface area contributed by atoms with Gasteiger partial charge in [0.25, 0.3) is 17.6 Å². The number of ketones is 1. The van der Waals surface area contributed by atoms with Gasteiger partial charge in [-0.25, -0.2) is 9.97 Å². The van der Waals surface area contributed by atoms with Gasteiger partial charge in [0.15, 0.2) is 0 Å². The molecule has 0 bridgehead atoms. The summed E-state index contributed by atoms with van der Waals surface area (Å²) < 4.78 is 5.52. The zero-order valence-electron chi connectivity index (χ0n) is 14.6. The molecule has 4 rings (SSSR count). The van der Waals surface area contributed by atoms with Crippen molar-refractivity contribution in [3.8, 4) is 5.88 Å². The molecule has 27 heavy (non-hydrogen) atoms. The number of carbonyl (C=O) groups is 3. The number of fused-ring (bicyclic) bond motifs is 2. The van der Waals surface area contributed by atoms with Gasteiger partial charge in [0.05, 0.1) is 23.5 Å². The average Bonchev–Trinajstić information content (AvgIpc) is 2.80. The van der Waals surface area contributed by atoms with Gasteiger partial charge in [-0.05, 0) is 18.6 Å². The van der Waals surface area contributed by atoms with Gasteiger partial charge in [0.1, 0.15) is 24.3 Å². The van der Waals surface area contributed by atoms with Crippen LogP contribution in [0.15, 0.2) is 24.5 Å². The number of carbonyl (C=O) groups excluding carboxylic acids is 3. The van der Waals surface area contributed by atoms with Crippen LogP contribution >= 0.6 is 0 Å². The van der Waals surface area contributed by atoms with Crippen molar-refractivity contribution in [2.24, 2.45) is 0 Å². The van der Waals surface area contributed by atoms with Crippen LogP contribution in [0.3, 0.4) is 0 Å². The molecule has 9 nitrogen and oxygen atoms in total. The third-order valence-electron chi connectivity index (χ3n) is 4.57. The first-order chi connectivity index (χ1) is 13.0. The molecule has 0 unspecified atom stereocenters. The van der Waals surface area contributed by atoms with Crippen molar-refractivity contribution in [2.45, 2.75) is 13.3 Å². The standard InChI is InChI=1S/C18H17N5O4/c1-2-6-22-10-4-3-5-11(12(10)14(24)18(22)26)23-7-8-27-16-13(17(23)25)15(19)20-9-21-16/h3-5,9H,2,6-8H2,1H3,(H2,19,20,21). The molecule has 138 valence electrons. The molecule has 0 aliphatic carbocycles. The molecule has 2 aromatic rings. The van der Waals surface area contributed by atoms with Gasteiger partial charge in [-0.1, -0.05) is 13.0 Å². The Hall–Kier alpha value is -3.49. The molecule has 0 radical (unpaired) electrons. The highest BCUT2D eigenvalue weighted by Crippen LogP contribution is 2.38. The molecular weight excluding hydrogens is 350 g/mol. The molecule has 0 saturated carbocycles. The van der Waals surface area contributed by atoms with E-state index in [1.54, 1.807) is 18.2 Å².